The Morgan fingerprint density at radius 3 is 2.62 bits per heavy atom. The summed E-state index contributed by atoms with van der Waals surface area (Å²) in [6.07, 6.45) is 11.7. The first-order chi connectivity index (χ1) is 11.7. The third kappa shape index (κ3) is 3.52. The quantitative estimate of drug-likeness (QED) is 0.556. The van der Waals surface area contributed by atoms with Crippen LogP contribution in [0.25, 0.3) is 0 Å². The number of hydrogen-bond donors (Lipinski definition) is 1. The van der Waals surface area contributed by atoms with Gasteiger partial charge < -0.3 is 5.32 Å². The lowest BCUT2D eigenvalue weighted by Gasteiger charge is -2.54. The number of aromatic nitrogens is 1. The summed E-state index contributed by atoms with van der Waals surface area (Å²) in [7, 11) is 0. The number of nitrogens with one attached hydrogen (secondary N) is 1. The van der Waals surface area contributed by atoms with Crippen molar-refractivity contribution in [3.05, 3.63) is 11.1 Å². The van der Waals surface area contributed by atoms with Gasteiger partial charge in [-0.05, 0) is 80.3 Å². The normalized spacial score (nSPS) is 33.8. The SMILES string of the molecule is CCSc1ncc(C(=O)NCCCC2C3CC4CC(C3)CC2C4)s1. The maximum atomic E-state index is 12.2. The summed E-state index contributed by atoms with van der Waals surface area (Å²) >= 11 is 3.21. The van der Waals surface area contributed by atoms with Crippen LogP contribution < -0.4 is 5.32 Å². The second-order valence-corrected chi connectivity index (χ2v) is 10.5. The van der Waals surface area contributed by atoms with Crippen molar-refractivity contribution in [3.63, 3.8) is 0 Å². The molecule has 4 bridgehead atoms. The van der Waals surface area contributed by atoms with E-state index < -0.39 is 0 Å². The molecule has 0 spiro atoms. The molecule has 0 saturated heterocycles. The zero-order chi connectivity index (χ0) is 16.5. The summed E-state index contributed by atoms with van der Waals surface area (Å²) in [5.74, 6) is 6.14. The van der Waals surface area contributed by atoms with Crippen molar-refractivity contribution in [2.24, 2.45) is 29.6 Å². The first-order valence-corrected chi connectivity index (χ1v) is 11.4. The van der Waals surface area contributed by atoms with Gasteiger partial charge in [-0.3, -0.25) is 4.79 Å². The number of carbonyl (C=O) groups is 1. The van der Waals surface area contributed by atoms with Crippen molar-refractivity contribution in [2.75, 3.05) is 12.3 Å². The molecule has 24 heavy (non-hydrogen) atoms. The van der Waals surface area contributed by atoms with Crippen molar-refractivity contribution in [1.82, 2.24) is 10.3 Å². The van der Waals surface area contributed by atoms with Crippen LogP contribution >= 0.6 is 23.1 Å². The largest absolute Gasteiger partial charge is 0.351 e. The number of hydrogen-bond acceptors (Lipinski definition) is 4. The van der Waals surface area contributed by atoms with Crippen molar-refractivity contribution in [1.29, 1.82) is 0 Å². The van der Waals surface area contributed by atoms with E-state index in [4.69, 9.17) is 0 Å². The molecule has 0 aromatic carbocycles. The minimum absolute atomic E-state index is 0.0561. The molecular weight excluding hydrogens is 336 g/mol. The van der Waals surface area contributed by atoms with Crippen LogP contribution in [0.5, 0.6) is 0 Å². The van der Waals surface area contributed by atoms with Crippen LogP contribution in [-0.2, 0) is 0 Å². The van der Waals surface area contributed by atoms with E-state index in [9.17, 15) is 4.79 Å². The molecule has 0 atom stereocenters. The van der Waals surface area contributed by atoms with Crippen LogP contribution in [0.2, 0.25) is 0 Å². The van der Waals surface area contributed by atoms with Gasteiger partial charge in [0.15, 0.2) is 4.34 Å². The molecule has 1 amide bonds. The van der Waals surface area contributed by atoms with Crippen molar-refractivity contribution in [2.45, 2.75) is 56.2 Å². The lowest BCUT2D eigenvalue weighted by Crippen LogP contribution is -2.45. The summed E-state index contributed by atoms with van der Waals surface area (Å²) in [6.45, 7) is 2.92. The predicted octanol–water partition coefficient (Wildman–Crippen LogP) is 4.84. The summed E-state index contributed by atoms with van der Waals surface area (Å²) < 4.78 is 0.997. The Bertz CT molecular complexity index is 558. The van der Waals surface area contributed by atoms with E-state index in [2.05, 4.69) is 17.2 Å². The van der Waals surface area contributed by atoms with Gasteiger partial charge in [-0.2, -0.15) is 0 Å². The summed E-state index contributed by atoms with van der Waals surface area (Å²) in [5, 5.41) is 3.10. The molecule has 0 unspecified atom stereocenters. The standard InChI is InChI=1S/C19H28N2OS2/c1-2-23-19-21-11-17(24-19)18(22)20-5-3-4-16-14-7-12-6-13(9-14)10-15(16)8-12/h11-16H,2-10H2,1H3,(H,20,22). The van der Waals surface area contributed by atoms with Crippen molar-refractivity contribution >= 4 is 29.0 Å². The van der Waals surface area contributed by atoms with Gasteiger partial charge in [-0.1, -0.05) is 18.7 Å². The molecule has 4 aliphatic carbocycles. The van der Waals surface area contributed by atoms with Gasteiger partial charge in [0.25, 0.3) is 5.91 Å². The number of thioether (sulfide) groups is 1. The van der Waals surface area contributed by atoms with E-state index in [1.54, 1.807) is 18.0 Å². The van der Waals surface area contributed by atoms with E-state index in [0.29, 0.717) is 0 Å². The Morgan fingerprint density at radius 2 is 1.96 bits per heavy atom. The number of nitrogens with zero attached hydrogens (tertiary/aromatic N) is 1. The minimum atomic E-state index is 0.0561. The van der Waals surface area contributed by atoms with Gasteiger partial charge in [-0.15, -0.1) is 11.3 Å². The topological polar surface area (TPSA) is 42.0 Å². The van der Waals surface area contributed by atoms with E-state index in [-0.39, 0.29) is 5.91 Å². The van der Waals surface area contributed by atoms with E-state index in [1.807, 2.05) is 0 Å². The lowest BCUT2D eigenvalue weighted by molar-refractivity contribution is -0.0401. The fraction of sp³-hybridized carbons (Fsp3) is 0.789. The smallest absolute Gasteiger partial charge is 0.263 e. The number of rotatable bonds is 7. The highest BCUT2D eigenvalue weighted by atomic mass is 32.2. The van der Waals surface area contributed by atoms with Crippen molar-refractivity contribution < 1.29 is 4.79 Å². The summed E-state index contributed by atoms with van der Waals surface area (Å²) in [4.78, 5) is 17.3. The molecule has 1 aromatic heterocycles. The number of thiazole rings is 1. The highest BCUT2D eigenvalue weighted by Gasteiger charge is 2.47. The summed E-state index contributed by atoms with van der Waals surface area (Å²) in [5.41, 5.74) is 0. The third-order valence-corrected chi connectivity index (χ3v) is 8.43. The highest BCUT2D eigenvalue weighted by molar-refractivity contribution is 8.01. The summed E-state index contributed by atoms with van der Waals surface area (Å²) in [6, 6.07) is 0. The van der Waals surface area contributed by atoms with Crippen molar-refractivity contribution in [3.8, 4) is 0 Å². The minimum Gasteiger partial charge on any atom is -0.351 e. The van der Waals surface area contributed by atoms with Gasteiger partial charge in [0.1, 0.15) is 4.88 Å². The van der Waals surface area contributed by atoms with Gasteiger partial charge in [0, 0.05) is 6.54 Å². The molecule has 4 aliphatic rings. The maximum Gasteiger partial charge on any atom is 0.263 e. The molecule has 0 aliphatic heterocycles. The fourth-order valence-electron chi connectivity index (χ4n) is 5.69. The average Bonchev–Trinajstić information content (AvgIpc) is 3.02. The van der Waals surface area contributed by atoms with Gasteiger partial charge in [0.2, 0.25) is 0 Å². The molecule has 4 fully saturated rings. The zero-order valence-electron chi connectivity index (χ0n) is 14.5. The van der Waals surface area contributed by atoms with Crippen LogP contribution in [0, 0.1) is 29.6 Å². The monoisotopic (exact) mass is 364 g/mol. The Balaban J connectivity index is 1.21. The predicted molar refractivity (Wildman–Crippen MR) is 101 cm³/mol. The van der Waals surface area contributed by atoms with Crippen LogP contribution in [-0.4, -0.2) is 23.2 Å². The Labute approximate surface area is 153 Å². The fourth-order valence-corrected chi connectivity index (χ4v) is 7.49. The molecule has 5 heteroatoms. The Kier molecular flexibility index (Phi) is 5.18. The van der Waals surface area contributed by atoms with Gasteiger partial charge in [0.05, 0.1) is 6.20 Å². The molecule has 0 radical (unpaired) electrons. The lowest BCUT2D eigenvalue weighted by atomic mass is 9.51. The van der Waals surface area contributed by atoms with Crippen LogP contribution in [0.4, 0.5) is 0 Å². The Morgan fingerprint density at radius 1 is 1.25 bits per heavy atom. The molecule has 1 aromatic rings. The zero-order valence-corrected chi connectivity index (χ0v) is 16.1. The average molecular weight is 365 g/mol. The van der Waals surface area contributed by atoms with Crippen LogP contribution in [0.3, 0.4) is 0 Å². The molecule has 132 valence electrons. The van der Waals surface area contributed by atoms with Gasteiger partial charge >= 0.3 is 0 Å². The van der Waals surface area contributed by atoms with E-state index >= 15 is 0 Å². The molecule has 4 saturated carbocycles. The van der Waals surface area contributed by atoms with Crippen LogP contribution in [0.15, 0.2) is 10.5 Å². The number of amides is 1. The number of carbonyl (C=O) groups excluding carboxylic acids is 1. The van der Waals surface area contributed by atoms with Crippen LogP contribution in [0.1, 0.15) is 61.5 Å². The second kappa shape index (κ2) is 7.36. The van der Waals surface area contributed by atoms with Gasteiger partial charge in [-0.25, -0.2) is 4.98 Å². The molecule has 5 rings (SSSR count). The first-order valence-electron chi connectivity index (χ1n) is 9.59. The third-order valence-electron chi connectivity index (χ3n) is 6.40. The molecule has 1 N–H and O–H groups in total. The molecule has 3 nitrogen and oxygen atoms in total. The molecular formula is C19H28N2OS2. The maximum absolute atomic E-state index is 12.2. The van der Waals surface area contributed by atoms with E-state index in [1.165, 1.54) is 49.9 Å². The second-order valence-electron chi connectivity index (χ2n) is 7.92. The van der Waals surface area contributed by atoms with E-state index in [0.717, 1.165) is 57.5 Å². The molecule has 1 heterocycles. The Hall–Kier alpha value is -0.550. The highest BCUT2D eigenvalue weighted by Crippen LogP contribution is 2.57. The first kappa shape index (κ1) is 16.9.